The number of aliphatic hydroxyl groups is 1. The van der Waals surface area contributed by atoms with E-state index in [4.69, 9.17) is 9.57 Å². The number of benzene rings is 2. The van der Waals surface area contributed by atoms with Gasteiger partial charge in [0.05, 0.1) is 11.6 Å². The van der Waals surface area contributed by atoms with Gasteiger partial charge in [-0.3, -0.25) is 0 Å². The predicted octanol–water partition coefficient (Wildman–Crippen LogP) is 0.995. The molecule has 0 spiro atoms. The summed E-state index contributed by atoms with van der Waals surface area (Å²) < 4.78 is 5.70. The van der Waals surface area contributed by atoms with E-state index in [0.717, 1.165) is 10.4 Å². The SMILES string of the molecule is CC(=O)On1ncc2c(OCC(O)CNCCc3ccc(O)c(O)c3)cccc21. The molecule has 29 heavy (non-hydrogen) atoms. The summed E-state index contributed by atoms with van der Waals surface area (Å²) in [5, 5.41) is 36.7. The molecular weight excluding hydrogens is 378 g/mol. The molecule has 0 aliphatic rings. The van der Waals surface area contributed by atoms with Crippen LogP contribution in [0.15, 0.2) is 42.6 Å². The number of fused-ring (bicyclic) bond motifs is 1. The molecule has 3 aromatic rings. The molecule has 0 saturated carbocycles. The van der Waals surface area contributed by atoms with Gasteiger partial charge in [0.1, 0.15) is 24.0 Å². The lowest BCUT2D eigenvalue weighted by atomic mass is 10.1. The van der Waals surface area contributed by atoms with E-state index in [-0.39, 0.29) is 18.1 Å². The largest absolute Gasteiger partial charge is 0.504 e. The molecule has 0 radical (unpaired) electrons. The third-order valence-electron chi connectivity index (χ3n) is 4.20. The number of hydrogen-bond donors (Lipinski definition) is 4. The third-order valence-corrected chi connectivity index (χ3v) is 4.20. The molecule has 0 saturated heterocycles. The summed E-state index contributed by atoms with van der Waals surface area (Å²) in [6.45, 7) is 2.28. The molecule has 0 amide bonds. The number of phenols is 2. The summed E-state index contributed by atoms with van der Waals surface area (Å²) in [6.07, 6.45) is 1.43. The Morgan fingerprint density at radius 1 is 1.24 bits per heavy atom. The van der Waals surface area contributed by atoms with Crippen LogP contribution >= 0.6 is 0 Å². The van der Waals surface area contributed by atoms with Crippen LogP contribution in [0.1, 0.15) is 12.5 Å². The lowest BCUT2D eigenvalue weighted by Crippen LogP contribution is -2.32. The van der Waals surface area contributed by atoms with Gasteiger partial charge in [0, 0.05) is 13.5 Å². The fraction of sp³-hybridized carbons (Fsp3) is 0.300. The van der Waals surface area contributed by atoms with E-state index in [1.54, 1.807) is 24.3 Å². The number of carbonyl (C=O) groups is 1. The zero-order chi connectivity index (χ0) is 20.8. The standard InChI is InChI=1S/C20H23N3O6/c1-13(24)29-23-17-3-2-4-20(16(17)11-22-23)28-12-15(25)10-21-8-7-14-5-6-18(26)19(27)9-14/h2-6,9,11,15,21,25-27H,7-8,10,12H2,1H3. The summed E-state index contributed by atoms with van der Waals surface area (Å²) in [5.41, 5.74) is 1.46. The van der Waals surface area contributed by atoms with Gasteiger partial charge in [0.15, 0.2) is 11.5 Å². The van der Waals surface area contributed by atoms with Crippen molar-refractivity contribution in [2.75, 3.05) is 19.7 Å². The van der Waals surface area contributed by atoms with Gasteiger partial charge in [-0.2, -0.15) is 0 Å². The van der Waals surface area contributed by atoms with Gasteiger partial charge < -0.3 is 30.2 Å². The highest BCUT2D eigenvalue weighted by molar-refractivity contribution is 5.85. The molecular formula is C20H23N3O6. The fourth-order valence-electron chi connectivity index (χ4n) is 2.79. The average molecular weight is 401 g/mol. The number of nitrogens with zero attached hydrogens (tertiary/aromatic N) is 2. The number of aromatic hydroxyl groups is 2. The van der Waals surface area contributed by atoms with Crippen molar-refractivity contribution in [2.24, 2.45) is 0 Å². The topological polar surface area (TPSA) is 126 Å². The van der Waals surface area contributed by atoms with E-state index in [9.17, 15) is 20.1 Å². The minimum Gasteiger partial charge on any atom is -0.504 e. The number of carbonyl (C=O) groups excluding carboxylic acids is 1. The lowest BCUT2D eigenvalue weighted by Gasteiger charge is -2.14. The number of aliphatic hydroxyl groups excluding tert-OH is 1. The molecule has 1 unspecified atom stereocenters. The van der Waals surface area contributed by atoms with Crippen LogP contribution in [-0.2, 0) is 11.2 Å². The van der Waals surface area contributed by atoms with Crippen LogP contribution in [0.4, 0.5) is 0 Å². The van der Waals surface area contributed by atoms with Crippen LogP contribution in [-0.4, -0.2) is 57.0 Å². The summed E-state index contributed by atoms with van der Waals surface area (Å²) in [5.74, 6) is -0.255. The van der Waals surface area contributed by atoms with Crippen molar-refractivity contribution >= 4 is 16.9 Å². The Morgan fingerprint density at radius 3 is 2.83 bits per heavy atom. The lowest BCUT2D eigenvalue weighted by molar-refractivity contribution is -0.142. The first kappa shape index (κ1) is 20.4. The van der Waals surface area contributed by atoms with Crippen LogP contribution in [0, 0.1) is 0 Å². The van der Waals surface area contributed by atoms with Gasteiger partial charge >= 0.3 is 5.97 Å². The van der Waals surface area contributed by atoms with Crippen LogP contribution in [0.3, 0.4) is 0 Å². The normalized spacial score (nSPS) is 12.1. The van der Waals surface area contributed by atoms with Crippen LogP contribution in [0.25, 0.3) is 10.9 Å². The monoisotopic (exact) mass is 401 g/mol. The Kier molecular flexibility index (Phi) is 6.53. The van der Waals surface area contributed by atoms with Crippen molar-refractivity contribution in [1.29, 1.82) is 0 Å². The summed E-state index contributed by atoms with van der Waals surface area (Å²) in [7, 11) is 0. The van der Waals surface area contributed by atoms with E-state index in [1.165, 1.54) is 25.3 Å². The van der Waals surface area contributed by atoms with Crippen LogP contribution < -0.4 is 14.9 Å². The first-order chi connectivity index (χ1) is 13.9. The molecule has 9 heteroatoms. The Morgan fingerprint density at radius 2 is 2.07 bits per heavy atom. The number of aromatic nitrogens is 2. The van der Waals surface area contributed by atoms with E-state index in [1.807, 2.05) is 0 Å². The highest BCUT2D eigenvalue weighted by atomic mass is 16.7. The quantitative estimate of drug-likeness (QED) is 0.309. The van der Waals surface area contributed by atoms with Gasteiger partial charge in [0.25, 0.3) is 0 Å². The van der Waals surface area contributed by atoms with E-state index >= 15 is 0 Å². The van der Waals surface area contributed by atoms with Crippen molar-refractivity contribution in [3.05, 3.63) is 48.2 Å². The van der Waals surface area contributed by atoms with Crippen molar-refractivity contribution in [2.45, 2.75) is 19.4 Å². The summed E-state index contributed by atoms with van der Waals surface area (Å²) >= 11 is 0. The molecule has 4 N–H and O–H groups in total. The first-order valence-corrected chi connectivity index (χ1v) is 9.12. The molecule has 1 aromatic heterocycles. The number of phenolic OH excluding ortho intramolecular Hbond substituents is 2. The smallest absolute Gasteiger partial charge is 0.331 e. The zero-order valence-electron chi connectivity index (χ0n) is 15.9. The number of rotatable bonds is 9. The van der Waals surface area contributed by atoms with Crippen LogP contribution in [0.2, 0.25) is 0 Å². The van der Waals surface area contributed by atoms with Crippen molar-refractivity contribution in [3.8, 4) is 17.2 Å². The molecule has 3 rings (SSSR count). The molecule has 2 aromatic carbocycles. The third kappa shape index (κ3) is 5.37. The van der Waals surface area contributed by atoms with Gasteiger partial charge in [-0.25, -0.2) is 4.79 Å². The molecule has 0 fully saturated rings. The van der Waals surface area contributed by atoms with E-state index in [2.05, 4.69) is 10.4 Å². The Balaban J connectivity index is 1.46. The Hall–Kier alpha value is -3.30. The number of nitrogens with one attached hydrogen (secondary N) is 1. The molecule has 0 aliphatic heterocycles. The average Bonchev–Trinajstić information content (AvgIpc) is 3.09. The molecule has 1 atom stereocenters. The van der Waals surface area contributed by atoms with Gasteiger partial charge in [-0.05, 0) is 42.8 Å². The molecule has 9 nitrogen and oxygen atoms in total. The molecule has 154 valence electrons. The summed E-state index contributed by atoms with van der Waals surface area (Å²) in [4.78, 5) is 17.2. The summed E-state index contributed by atoms with van der Waals surface area (Å²) in [6, 6.07) is 9.92. The molecule has 0 aliphatic carbocycles. The Labute approximate surface area is 167 Å². The molecule has 0 bridgehead atoms. The van der Waals surface area contributed by atoms with E-state index < -0.39 is 12.1 Å². The van der Waals surface area contributed by atoms with Crippen molar-refractivity contribution < 1.29 is 29.7 Å². The Bertz CT molecular complexity index is 988. The van der Waals surface area contributed by atoms with Crippen molar-refractivity contribution in [1.82, 2.24) is 15.3 Å². The second-order valence-electron chi connectivity index (χ2n) is 6.53. The minimum atomic E-state index is -0.734. The van der Waals surface area contributed by atoms with Gasteiger partial charge in [-0.15, -0.1) is 5.10 Å². The second kappa shape index (κ2) is 9.26. The first-order valence-electron chi connectivity index (χ1n) is 9.12. The molecule has 1 heterocycles. The minimum absolute atomic E-state index is 0.0743. The highest BCUT2D eigenvalue weighted by Crippen LogP contribution is 2.25. The maximum Gasteiger partial charge on any atom is 0.331 e. The van der Waals surface area contributed by atoms with Crippen molar-refractivity contribution in [3.63, 3.8) is 0 Å². The number of ether oxygens (including phenoxy) is 1. The van der Waals surface area contributed by atoms with Gasteiger partial charge in [-0.1, -0.05) is 17.0 Å². The highest BCUT2D eigenvalue weighted by Gasteiger charge is 2.12. The second-order valence-corrected chi connectivity index (χ2v) is 6.53. The maximum absolute atomic E-state index is 11.1. The van der Waals surface area contributed by atoms with E-state index in [0.29, 0.717) is 36.2 Å². The predicted molar refractivity (Wildman–Crippen MR) is 105 cm³/mol. The zero-order valence-corrected chi connectivity index (χ0v) is 15.9. The van der Waals surface area contributed by atoms with Gasteiger partial charge in [0.2, 0.25) is 0 Å². The maximum atomic E-state index is 11.1. The van der Waals surface area contributed by atoms with Crippen LogP contribution in [0.5, 0.6) is 17.2 Å². The fourth-order valence-corrected chi connectivity index (χ4v) is 2.79. The number of hydrogen-bond acceptors (Lipinski definition) is 8.